The van der Waals surface area contributed by atoms with E-state index in [1.807, 2.05) is 6.20 Å². The number of nitrogens with zero attached hydrogens (tertiary/aromatic N) is 2. The minimum atomic E-state index is 0.698. The lowest BCUT2D eigenvalue weighted by molar-refractivity contribution is 0.173. The summed E-state index contributed by atoms with van der Waals surface area (Å²) in [6, 6.07) is 0.698. The molecule has 1 aromatic rings. The van der Waals surface area contributed by atoms with Crippen LogP contribution < -0.4 is 5.32 Å². The molecule has 1 N–H and O–H groups in total. The van der Waals surface area contributed by atoms with Crippen molar-refractivity contribution in [1.82, 2.24) is 14.9 Å². The molecule has 2 rings (SSSR count). The number of rotatable bonds is 7. The Labute approximate surface area is 105 Å². The summed E-state index contributed by atoms with van der Waals surface area (Å²) >= 11 is 0. The number of nitrogens with one attached hydrogen (secondary N) is 1. The van der Waals surface area contributed by atoms with Crippen LogP contribution >= 0.6 is 0 Å². The Morgan fingerprint density at radius 3 is 2.88 bits per heavy atom. The molecule has 96 valence electrons. The maximum absolute atomic E-state index is 4.48. The van der Waals surface area contributed by atoms with Crippen LogP contribution in [0.4, 0.5) is 0 Å². The van der Waals surface area contributed by atoms with Gasteiger partial charge in [-0.05, 0) is 44.7 Å². The van der Waals surface area contributed by atoms with Crippen LogP contribution in [-0.2, 0) is 6.42 Å². The Balaban J connectivity index is 1.90. The van der Waals surface area contributed by atoms with E-state index in [1.165, 1.54) is 38.1 Å². The van der Waals surface area contributed by atoms with Gasteiger partial charge in [0, 0.05) is 24.9 Å². The smallest absolute Gasteiger partial charge is 0.108 e. The number of aryl methyl sites for hydroxylation is 1. The van der Waals surface area contributed by atoms with Crippen LogP contribution in [0.5, 0.6) is 0 Å². The molecular formula is C14H25N3. The first-order chi connectivity index (χ1) is 8.36. The van der Waals surface area contributed by atoms with Gasteiger partial charge in [0.2, 0.25) is 0 Å². The van der Waals surface area contributed by atoms with Crippen LogP contribution in [-0.4, -0.2) is 22.6 Å². The minimum Gasteiger partial charge on any atom is -0.332 e. The van der Waals surface area contributed by atoms with Crippen LogP contribution in [0.1, 0.15) is 51.4 Å². The zero-order valence-electron chi connectivity index (χ0n) is 11.2. The molecular weight excluding hydrogens is 210 g/mol. The highest BCUT2D eigenvalue weighted by Crippen LogP contribution is 2.38. The molecule has 1 aliphatic rings. The van der Waals surface area contributed by atoms with E-state index in [-0.39, 0.29) is 0 Å². The molecule has 0 radical (unpaired) electrons. The van der Waals surface area contributed by atoms with Crippen LogP contribution in [0.15, 0.2) is 12.4 Å². The fourth-order valence-electron chi connectivity index (χ4n) is 2.68. The Bertz CT molecular complexity index is 332. The molecule has 0 aromatic carbocycles. The fourth-order valence-corrected chi connectivity index (χ4v) is 2.68. The normalized spacial score (nSPS) is 23.6. The molecule has 1 aliphatic carbocycles. The monoisotopic (exact) mass is 235 g/mol. The molecule has 1 saturated carbocycles. The Kier molecular flexibility index (Phi) is 4.60. The zero-order chi connectivity index (χ0) is 12.1. The van der Waals surface area contributed by atoms with Crippen LogP contribution in [0, 0.1) is 5.92 Å². The first-order valence-electron chi connectivity index (χ1n) is 7.09. The Morgan fingerprint density at radius 2 is 2.24 bits per heavy atom. The number of imidazole rings is 1. The molecule has 1 heterocycles. The lowest BCUT2D eigenvalue weighted by Crippen LogP contribution is -2.37. The summed E-state index contributed by atoms with van der Waals surface area (Å²) < 4.78 is 2.42. The standard InChI is InChI=1S/C14H25N3/c1-3-5-14-16-9-10-17(14)13-7-6-12(13)11-15-8-4-2/h9-10,12-13,15H,3-8,11H2,1-2H3. The van der Waals surface area contributed by atoms with E-state index < -0.39 is 0 Å². The first kappa shape index (κ1) is 12.6. The van der Waals surface area contributed by atoms with Gasteiger partial charge in [0.05, 0.1) is 0 Å². The van der Waals surface area contributed by atoms with Gasteiger partial charge in [0.15, 0.2) is 0 Å². The van der Waals surface area contributed by atoms with E-state index in [9.17, 15) is 0 Å². The number of hydrogen-bond acceptors (Lipinski definition) is 2. The highest BCUT2D eigenvalue weighted by molar-refractivity contribution is 5.00. The minimum absolute atomic E-state index is 0.698. The van der Waals surface area contributed by atoms with Crippen molar-refractivity contribution in [2.24, 2.45) is 5.92 Å². The molecule has 17 heavy (non-hydrogen) atoms. The summed E-state index contributed by atoms with van der Waals surface area (Å²) in [5, 5.41) is 3.55. The molecule has 1 fully saturated rings. The van der Waals surface area contributed by atoms with Gasteiger partial charge in [-0.25, -0.2) is 4.98 Å². The molecule has 0 bridgehead atoms. The van der Waals surface area contributed by atoms with E-state index in [0.29, 0.717) is 6.04 Å². The van der Waals surface area contributed by atoms with Crippen LogP contribution in [0.2, 0.25) is 0 Å². The van der Waals surface area contributed by atoms with Gasteiger partial charge in [-0.1, -0.05) is 13.8 Å². The van der Waals surface area contributed by atoms with Gasteiger partial charge in [-0.15, -0.1) is 0 Å². The van der Waals surface area contributed by atoms with Crippen molar-refractivity contribution in [2.75, 3.05) is 13.1 Å². The molecule has 3 nitrogen and oxygen atoms in total. The lowest BCUT2D eigenvalue weighted by Gasteiger charge is -2.38. The second-order valence-corrected chi connectivity index (χ2v) is 5.11. The summed E-state index contributed by atoms with van der Waals surface area (Å²) in [5.74, 6) is 2.09. The van der Waals surface area contributed by atoms with Gasteiger partial charge in [0.25, 0.3) is 0 Å². The summed E-state index contributed by atoms with van der Waals surface area (Å²) in [6.07, 6.45) is 10.3. The van der Waals surface area contributed by atoms with E-state index in [2.05, 4.69) is 34.9 Å². The van der Waals surface area contributed by atoms with Gasteiger partial charge in [-0.2, -0.15) is 0 Å². The van der Waals surface area contributed by atoms with Crippen molar-refractivity contribution in [2.45, 2.75) is 52.0 Å². The zero-order valence-corrected chi connectivity index (χ0v) is 11.2. The topological polar surface area (TPSA) is 29.9 Å². The van der Waals surface area contributed by atoms with Gasteiger partial charge in [-0.3, -0.25) is 0 Å². The fraction of sp³-hybridized carbons (Fsp3) is 0.786. The predicted molar refractivity (Wildman–Crippen MR) is 71.1 cm³/mol. The summed E-state index contributed by atoms with van der Waals surface area (Å²) in [6.45, 7) is 6.76. The maximum Gasteiger partial charge on any atom is 0.108 e. The van der Waals surface area contributed by atoms with Crippen molar-refractivity contribution in [1.29, 1.82) is 0 Å². The van der Waals surface area contributed by atoms with Crippen molar-refractivity contribution in [3.63, 3.8) is 0 Å². The third-order valence-corrected chi connectivity index (χ3v) is 3.79. The predicted octanol–water partition coefficient (Wildman–Crippen LogP) is 2.79. The van der Waals surface area contributed by atoms with Gasteiger partial charge < -0.3 is 9.88 Å². The molecule has 0 saturated heterocycles. The number of hydrogen-bond donors (Lipinski definition) is 1. The van der Waals surface area contributed by atoms with E-state index in [1.54, 1.807) is 0 Å². The lowest BCUT2D eigenvalue weighted by atomic mass is 9.79. The molecule has 0 amide bonds. The average molecular weight is 235 g/mol. The molecule has 2 atom stereocenters. The molecule has 0 aliphatic heterocycles. The van der Waals surface area contributed by atoms with Crippen molar-refractivity contribution < 1.29 is 0 Å². The second-order valence-electron chi connectivity index (χ2n) is 5.11. The average Bonchev–Trinajstić information content (AvgIpc) is 2.72. The molecule has 0 spiro atoms. The maximum atomic E-state index is 4.48. The van der Waals surface area contributed by atoms with Gasteiger partial charge in [0.1, 0.15) is 5.82 Å². The van der Waals surface area contributed by atoms with Crippen molar-refractivity contribution in [3.05, 3.63) is 18.2 Å². The summed E-state index contributed by atoms with van der Waals surface area (Å²) in [4.78, 5) is 4.48. The molecule has 1 aromatic heterocycles. The van der Waals surface area contributed by atoms with E-state index in [4.69, 9.17) is 0 Å². The quantitative estimate of drug-likeness (QED) is 0.737. The van der Waals surface area contributed by atoms with E-state index in [0.717, 1.165) is 18.9 Å². The third-order valence-electron chi connectivity index (χ3n) is 3.79. The Hall–Kier alpha value is -0.830. The highest BCUT2D eigenvalue weighted by Gasteiger charge is 2.32. The van der Waals surface area contributed by atoms with Crippen molar-refractivity contribution >= 4 is 0 Å². The van der Waals surface area contributed by atoms with Gasteiger partial charge >= 0.3 is 0 Å². The summed E-state index contributed by atoms with van der Waals surface area (Å²) in [5.41, 5.74) is 0. The molecule has 2 unspecified atom stereocenters. The SMILES string of the molecule is CCCNCC1CCC1n1ccnc1CCC. The largest absolute Gasteiger partial charge is 0.332 e. The second kappa shape index (κ2) is 6.20. The van der Waals surface area contributed by atoms with Crippen LogP contribution in [0.25, 0.3) is 0 Å². The van der Waals surface area contributed by atoms with E-state index >= 15 is 0 Å². The molecule has 3 heteroatoms. The highest BCUT2D eigenvalue weighted by atomic mass is 15.1. The summed E-state index contributed by atoms with van der Waals surface area (Å²) in [7, 11) is 0. The van der Waals surface area contributed by atoms with Crippen molar-refractivity contribution in [3.8, 4) is 0 Å². The van der Waals surface area contributed by atoms with Crippen LogP contribution in [0.3, 0.4) is 0 Å². The number of aromatic nitrogens is 2. The third kappa shape index (κ3) is 2.89. The first-order valence-corrected chi connectivity index (χ1v) is 7.09. The Morgan fingerprint density at radius 1 is 1.35 bits per heavy atom.